The fourth-order valence-electron chi connectivity index (χ4n) is 3.67. The van der Waals surface area contributed by atoms with Gasteiger partial charge >= 0.3 is 5.97 Å². The van der Waals surface area contributed by atoms with Crippen LogP contribution in [-0.2, 0) is 20.9 Å². The lowest BCUT2D eigenvalue weighted by atomic mass is 10.1. The predicted molar refractivity (Wildman–Crippen MR) is 148 cm³/mol. The van der Waals surface area contributed by atoms with Gasteiger partial charge in [0, 0.05) is 20.6 Å². The summed E-state index contributed by atoms with van der Waals surface area (Å²) >= 11 is 15.1. The molecular formula is C27H19BrClN3O4S. The molecule has 1 aliphatic rings. The number of anilines is 1. The normalized spacial score (nSPS) is 14.2. The van der Waals surface area contributed by atoms with E-state index in [-0.39, 0.29) is 24.0 Å². The third-order valence-electron chi connectivity index (χ3n) is 5.52. The second kappa shape index (κ2) is 11.6. The molecule has 0 atom stereocenters. The van der Waals surface area contributed by atoms with Gasteiger partial charge in [-0.1, -0.05) is 45.7 Å². The molecule has 1 fully saturated rings. The first-order chi connectivity index (χ1) is 17.8. The first-order valence-corrected chi connectivity index (χ1v) is 12.5. The summed E-state index contributed by atoms with van der Waals surface area (Å²) in [4.78, 5) is 28.5. The van der Waals surface area contributed by atoms with Gasteiger partial charge in [-0.15, -0.1) is 0 Å². The lowest BCUT2D eigenvalue weighted by Crippen LogP contribution is -2.35. The molecule has 0 spiro atoms. The molecule has 0 unspecified atom stereocenters. The van der Waals surface area contributed by atoms with Crippen LogP contribution in [0.2, 0.25) is 5.02 Å². The Hall–Kier alpha value is -3.71. The van der Waals surface area contributed by atoms with Gasteiger partial charge in [0.2, 0.25) is 0 Å². The second-order valence-electron chi connectivity index (χ2n) is 7.83. The number of rotatable bonds is 7. The molecule has 0 aliphatic carbocycles. The summed E-state index contributed by atoms with van der Waals surface area (Å²) in [6.45, 7) is -0.104. The van der Waals surface area contributed by atoms with Crippen LogP contribution in [-0.4, -0.2) is 35.5 Å². The maximum atomic E-state index is 13.6. The minimum atomic E-state index is -0.558. The van der Waals surface area contributed by atoms with E-state index >= 15 is 0 Å². The van der Waals surface area contributed by atoms with Gasteiger partial charge in [-0.3, -0.25) is 14.5 Å². The van der Waals surface area contributed by atoms with Crippen LogP contribution in [0.1, 0.15) is 16.7 Å². The van der Waals surface area contributed by atoms with E-state index in [4.69, 9.17) is 33.3 Å². The topological polar surface area (TPSA) is 82.9 Å². The summed E-state index contributed by atoms with van der Waals surface area (Å²) in [5.41, 5.74) is 2.49. The van der Waals surface area contributed by atoms with Gasteiger partial charge in [-0.05, 0) is 66.8 Å². The number of hydrogen-bond acceptors (Lipinski definition) is 6. The molecule has 4 rings (SSSR count). The highest BCUT2D eigenvalue weighted by Crippen LogP contribution is 2.33. The van der Waals surface area contributed by atoms with Crippen molar-refractivity contribution >= 4 is 68.5 Å². The Morgan fingerprint density at radius 1 is 1.16 bits per heavy atom. The monoisotopic (exact) mass is 595 g/mol. The van der Waals surface area contributed by atoms with Gasteiger partial charge < -0.3 is 14.4 Å². The first kappa shape index (κ1) is 26.4. The summed E-state index contributed by atoms with van der Waals surface area (Å²) in [6, 6.07) is 21.3. The van der Waals surface area contributed by atoms with Gasteiger partial charge in [-0.2, -0.15) is 5.26 Å². The van der Waals surface area contributed by atoms with Crippen LogP contribution in [0.3, 0.4) is 0 Å². The maximum absolute atomic E-state index is 13.6. The number of esters is 1. The average molecular weight is 597 g/mol. The van der Waals surface area contributed by atoms with E-state index in [9.17, 15) is 14.9 Å². The van der Waals surface area contributed by atoms with Crippen molar-refractivity contribution in [3.63, 3.8) is 0 Å². The molecule has 10 heteroatoms. The number of ether oxygens (including phenoxy) is 2. The molecule has 1 amide bonds. The number of amides is 1. The van der Waals surface area contributed by atoms with E-state index in [0.717, 1.165) is 10.0 Å². The van der Waals surface area contributed by atoms with Crippen LogP contribution in [0.4, 0.5) is 5.69 Å². The quantitative estimate of drug-likeness (QED) is 0.197. The summed E-state index contributed by atoms with van der Waals surface area (Å²) < 4.78 is 11.6. The number of thiocarbonyl (C=S) groups is 1. The number of hydrogen-bond donors (Lipinski definition) is 0. The molecule has 3 aromatic carbocycles. The van der Waals surface area contributed by atoms with Crippen LogP contribution in [0.15, 0.2) is 76.9 Å². The van der Waals surface area contributed by atoms with Gasteiger partial charge in [0.15, 0.2) is 5.11 Å². The fourth-order valence-corrected chi connectivity index (χ4v) is 4.52. The van der Waals surface area contributed by atoms with E-state index in [2.05, 4.69) is 22.0 Å². The van der Waals surface area contributed by atoms with Gasteiger partial charge in [-0.25, -0.2) is 0 Å². The largest absolute Gasteiger partial charge is 0.488 e. The molecule has 0 bridgehead atoms. The SMILES string of the molecule is COC(=O)CN1C(=S)N(c2ccc(Cl)cc2)C(=O)/C1=C/c1cc(Br)ccc1OCc1ccccc1C#N. The summed E-state index contributed by atoms with van der Waals surface area (Å²) in [5, 5.41) is 10.0. The first-order valence-electron chi connectivity index (χ1n) is 10.9. The Morgan fingerprint density at radius 3 is 2.59 bits per heavy atom. The molecule has 37 heavy (non-hydrogen) atoms. The smallest absolute Gasteiger partial charge is 0.325 e. The van der Waals surface area contributed by atoms with E-state index in [0.29, 0.717) is 27.6 Å². The molecular weight excluding hydrogens is 578 g/mol. The second-order valence-corrected chi connectivity index (χ2v) is 9.55. The zero-order valence-corrected chi connectivity index (χ0v) is 22.6. The van der Waals surface area contributed by atoms with Gasteiger partial charge in [0.1, 0.15) is 24.6 Å². The maximum Gasteiger partial charge on any atom is 0.325 e. The Labute approximate surface area is 232 Å². The Kier molecular flexibility index (Phi) is 8.24. The molecule has 186 valence electrons. The van der Waals surface area contributed by atoms with Crippen LogP contribution >= 0.6 is 39.7 Å². The van der Waals surface area contributed by atoms with Crippen molar-refractivity contribution in [3.05, 3.63) is 98.6 Å². The van der Waals surface area contributed by atoms with E-state index in [1.807, 2.05) is 12.1 Å². The summed E-state index contributed by atoms with van der Waals surface area (Å²) in [5.74, 6) is -0.500. The highest BCUT2D eigenvalue weighted by Gasteiger charge is 2.40. The lowest BCUT2D eigenvalue weighted by molar-refractivity contribution is -0.140. The van der Waals surface area contributed by atoms with E-state index in [1.165, 1.54) is 16.9 Å². The van der Waals surface area contributed by atoms with Crippen molar-refractivity contribution in [2.45, 2.75) is 6.61 Å². The van der Waals surface area contributed by atoms with Crippen LogP contribution in [0, 0.1) is 11.3 Å². The van der Waals surface area contributed by atoms with Crippen molar-refractivity contribution in [1.29, 1.82) is 5.26 Å². The molecule has 0 radical (unpaired) electrons. The standard InChI is InChI=1S/C27H19BrClN3O4S/c1-35-25(33)15-31-23(26(34)32(27(31)37)22-9-7-21(29)8-10-22)13-19-12-20(28)6-11-24(19)36-16-18-5-3-2-4-17(18)14-30/h2-13H,15-16H2,1H3/b23-13-. The van der Waals surface area contributed by atoms with E-state index < -0.39 is 11.9 Å². The fraction of sp³-hybridized carbons (Fsp3) is 0.111. The van der Waals surface area contributed by atoms with Crippen molar-refractivity contribution in [1.82, 2.24) is 4.90 Å². The number of methoxy groups -OCH3 is 1. The molecule has 1 saturated heterocycles. The van der Waals surface area contributed by atoms with Crippen LogP contribution in [0.5, 0.6) is 5.75 Å². The number of benzene rings is 3. The van der Waals surface area contributed by atoms with Crippen molar-refractivity contribution in [3.8, 4) is 11.8 Å². The minimum Gasteiger partial charge on any atom is -0.488 e. The number of carbonyl (C=O) groups is 2. The molecule has 3 aromatic rings. The number of nitriles is 1. The van der Waals surface area contributed by atoms with Crippen molar-refractivity contribution in [2.75, 3.05) is 18.6 Å². The highest BCUT2D eigenvalue weighted by molar-refractivity contribution is 9.10. The molecule has 1 heterocycles. The van der Waals surface area contributed by atoms with Crippen LogP contribution < -0.4 is 9.64 Å². The molecule has 1 aliphatic heterocycles. The predicted octanol–water partition coefficient (Wildman–Crippen LogP) is 5.70. The summed E-state index contributed by atoms with van der Waals surface area (Å²) in [6.07, 6.45) is 1.61. The number of nitrogens with zero attached hydrogens (tertiary/aromatic N) is 3. The number of halogens is 2. The number of carbonyl (C=O) groups excluding carboxylic acids is 2. The highest BCUT2D eigenvalue weighted by atomic mass is 79.9. The minimum absolute atomic E-state index is 0.129. The van der Waals surface area contributed by atoms with Crippen LogP contribution in [0.25, 0.3) is 6.08 Å². The molecule has 0 N–H and O–H groups in total. The molecule has 7 nitrogen and oxygen atoms in total. The van der Waals surface area contributed by atoms with Crippen molar-refractivity contribution in [2.24, 2.45) is 0 Å². The summed E-state index contributed by atoms with van der Waals surface area (Å²) in [7, 11) is 1.27. The third-order valence-corrected chi connectivity index (χ3v) is 6.67. The Bertz CT molecular complexity index is 1450. The zero-order valence-electron chi connectivity index (χ0n) is 19.5. The Morgan fingerprint density at radius 2 is 1.89 bits per heavy atom. The average Bonchev–Trinajstić information content (AvgIpc) is 3.12. The van der Waals surface area contributed by atoms with Gasteiger partial charge in [0.05, 0.1) is 24.4 Å². The van der Waals surface area contributed by atoms with E-state index in [1.54, 1.807) is 60.7 Å². The Balaban J connectivity index is 1.73. The molecule has 0 aromatic heterocycles. The molecule has 0 saturated carbocycles. The van der Waals surface area contributed by atoms with Gasteiger partial charge in [0.25, 0.3) is 5.91 Å². The third kappa shape index (κ3) is 5.83. The van der Waals surface area contributed by atoms with Crippen molar-refractivity contribution < 1.29 is 19.1 Å². The zero-order chi connectivity index (χ0) is 26.5. The lowest BCUT2D eigenvalue weighted by Gasteiger charge is -2.19.